The summed E-state index contributed by atoms with van der Waals surface area (Å²) in [6.45, 7) is 2.08. The van der Waals surface area contributed by atoms with E-state index >= 15 is 0 Å². The van der Waals surface area contributed by atoms with Crippen molar-refractivity contribution < 1.29 is 23.9 Å². The molecule has 0 amide bonds. The Hall–Kier alpha value is -4.20. The molecule has 8 nitrogen and oxygen atoms in total. The largest absolute Gasteiger partial charge is 0.490 e. The maximum absolute atomic E-state index is 11.3. The zero-order chi connectivity index (χ0) is 24.9. The number of nitrogens with zero attached hydrogens (tertiary/aromatic N) is 3. The number of aliphatic carboxylic acids is 1. The molecule has 1 fully saturated rings. The quantitative estimate of drug-likeness (QED) is 0.338. The average molecular weight is 486 g/mol. The lowest BCUT2D eigenvalue weighted by molar-refractivity contribution is -0.143. The van der Waals surface area contributed by atoms with Crippen LogP contribution in [0.2, 0.25) is 0 Å². The Morgan fingerprint density at radius 1 is 1.06 bits per heavy atom. The molecule has 2 aromatic carbocycles. The summed E-state index contributed by atoms with van der Waals surface area (Å²) in [5.74, 6) is 0.239. The van der Waals surface area contributed by atoms with Crippen LogP contribution in [0, 0.1) is 12.8 Å². The van der Waals surface area contributed by atoms with Crippen LogP contribution < -0.4 is 9.47 Å². The molecule has 0 spiro atoms. The van der Waals surface area contributed by atoms with Gasteiger partial charge in [-0.3, -0.25) is 4.79 Å². The Balaban J connectivity index is 1.26. The van der Waals surface area contributed by atoms with Gasteiger partial charge in [-0.25, -0.2) is 4.98 Å². The molecule has 2 heterocycles. The predicted octanol–water partition coefficient (Wildman–Crippen LogP) is 5.71. The van der Waals surface area contributed by atoms with E-state index in [-0.39, 0.29) is 24.6 Å². The Kier molecular flexibility index (Phi) is 6.93. The molecule has 2 aromatic heterocycles. The van der Waals surface area contributed by atoms with E-state index in [2.05, 4.69) is 15.1 Å². The van der Waals surface area contributed by atoms with Crippen molar-refractivity contribution in [3.63, 3.8) is 0 Å². The van der Waals surface area contributed by atoms with Crippen LogP contribution in [0.1, 0.15) is 36.9 Å². The third-order valence-electron chi connectivity index (χ3n) is 6.43. The third kappa shape index (κ3) is 5.38. The van der Waals surface area contributed by atoms with Crippen molar-refractivity contribution in [2.24, 2.45) is 5.92 Å². The molecule has 1 N–H and O–H groups in total. The van der Waals surface area contributed by atoms with Gasteiger partial charge in [0.05, 0.1) is 29.0 Å². The molecule has 4 aromatic rings. The van der Waals surface area contributed by atoms with E-state index in [0.29, 0.717) is 24.4 Å². The first-order valence-electron chi connectivity index (χ1n) is 12.0. The number of rotatable bonds is 8. The van der Waals surface area contributed by atoms with E-state index in [1.54, 1.807) is 6.20 Å². The molecule has 0 aliphatic heterocycles. The molecule has 0 unspecified atom stereocenters. The van der Waals surface area contributed by atoms with Crippen molar-refractivity contribution in [3.05, 3.63) is 78.1 Å². The highest BCUT2D eigenvalue weighted by Gasteiger charge is 2.28. The molecular weight excluding hydrogens is 458 g/mol. The summed E-state index contributed by atoms with van der Waals surface area (Å²) in [6.07, 6.45) is 4.56. The number of benzene rings is 2. The van der Waals surface area contributed by atoms with Gasteiger partial charge < -0.3 is 19.1 Å². The van der Waals surface area contributed by atoms with Crippen LogP contribution in [0.25, 0.3) is 22.6 Å². The van der Waals surface area contributed by atoms with Crippen LogP contribution in [-0.4, -0.2) is 32.3 Å². The molecule has 1 saturated carbocycles. The van der Waals surface area contributed by atoms with Gasteiger partial charge in [-0.15, -0.1) is 0 Å². The molecule has 0 bridgehead atoms. The summed E-state index contributed by atoms with van der Waals surface area (Å²) in [5, 5.41) is 13.4. The minimum absolute atomic E-state index is 0.0890. The van der Waals surface area contributed by atoms with E-state index < -0.39 is 5.97 Å². The lowest BCUT2D eigenvalue weighted by Crippen LogP contribution is -2.29. The van der Waals surface area contributed by atoms with Gasteiger partial charge in [0.2, 0.25) is 0 Å². The molecule has 0 saturated heterocycles. The number of aromatic nitrogens is 3. The van der Waals surface area contributed by atoms with Crippen LogP contribution in [0.15, 0.2) is 71.4 Å². The number of ether oxygens (including phenoxy) is 2. The second kappa shape index (κ2) is 10.6. The zero-order valence-corrected chi connectivity index (χ0v) is 20.0. The molecule has 184 valence electrons. The number of hydrogen-bond acceptors (Lipinski definition) is 7. The number of carboxylic acids is 1. The highest BCUT2D eigenvalue weighted by molar-refractivity contribution is 5.70. The monoisotopic (exact) mass is 485 g/mol. The van der Waals surface area contributed by atoms with Gasteiger partial charge >= 0.3 is 12.0 Å². The number of carbonyl (C=O) groups is 1. The van der Waals surface area contributed by atoms with Gasteiger partial charge in [0.25, 0.3) is 0 Å². The Morgan fingerprint density at radius 2 is 1.86 bits per heavy atom. The smallest absolute Gasteiger partial charge is 0.317 e. The molecule has 5 rings (SSSR count). The number of carboxylic acid groups (broad SMARTS) is 1. The Morgan fingerprint density at radius 3 is 2.64 bits per heavy atom. The second-order valence-corrected chi connectivity index (χ2v) is 8.92. The van der Waals surface area contributed by atoms with Crippen molar-refractivity contribution in [2.45, 2.75) is 45.3 Å². The van der Waals surface area contributed by atoms with Crippen LogP contribution in [0.4, 0.5) is 0 Å². The number of hydrogen-bond donors (Lipinski definition) is 1. The van der Waals surface area contributed by atoms with E-state index in [1.165, 1.54) is 0 Å². The van der Waals surface area contributed by atoms with Gasteiger partial charge in [-0.1, -0.05) is 35.5 Å². The van der Waals surface area contributed by atoms with Crippen molar-refractivity contribution in [3.8, 4) is 34.3 Å². The van der Waals surface area contributed by atoms with Gasteiger partial charge in [0.1, 0.15) is 12.4 Å². The maximum atomic E-state index is 11.3. The Labute approximate surface area is 208 Å². The van der Waals surface area contributed by atoms with E-state index in [0.717, 1.165) is 40.9 Å². The third-order valence-corrected chi connectivity index (χ3v) is 6.43. The normalized spacial score (nSPS) is 17.5. The van der Waals surface area contributed by atoms with Gasteiger partial charge in [-0.05, 0) is 62.9 Å². The minimum Gasteiger partial charge on any atom is -0.490 e. The van der Waals surface area contributed by atoms with Crippen molar-refractivity contribution in [2.75, 3.05) is 0 Å². The van der Waals surface area contributed by atoms with E-state index in [4.69, 9.17) is 14.0 Å². The van der Waals surface area contributed by atoms with E-state index in [1.807, 2.05) is 67.6 Å². The minimum atomic E-state index is -0.744. The lowest BCUT2D eigenvalue weighted by Gasteiger charge is -2.27. The van der Waals surface area contributed by atoms with Crippen molar-refractivity contribution >= 4 is 5.97 Å². The molecule has 8 heteroatoms. The average Bonchev–Trinajstić information content (AvgIpc) is 3.29. The SMILES string of the molecule is Cc1noc(-c2ccc(O[C@H]3CCC[C@H](C(=O)O)C3)cc2)c1COc1nccc(-c2ccccc2)n1. The zero-order valence-electron chi connectivity index (χ0n) is 20.0. The summed E-state index contributed by atoms with van der Waals surface area (Å²) in [7, 11) is 0. The first-order chi connectivity index (χ1) is 17.6. The van der Waals surface area contributed by atoms with Crippen LogP contribution in [-0.2, 0) is 11.4 Å². The fourth-order valence-electron chi connectivity index (χ4n) is 4.46. The topological polar surface area (TPSA) is 108 Å². The Bertz CT molecular complexity index is 1320. The summed E-state index contributed by atoms with van der Waals surface area (Å²) < 4.78 is 17.6. The first-order valence-corrected chi connectivity index (χ1v) is 12.0. The molecule has 36 heavy (non-hydrogen) atoms. The van der Waals surface area contributed by atoms with E-state index in [9.17, 15) is 9.90 Å². The predicted molar refractivity (Wildman–Crippen MR) is 132 cm³/mol. The molecular formula is C28H27N3O5. The molecule has 0 radical (unpaired) electrons. The van der Waals surface area contributed by atoms with Crippen molar-refractivity contribution in [1.82, 2.24) is 15.1 Å². The first kappa shape index (κ1) is 23.5. The molecule has 1 aliphatic rings. The maximum Gasteiger partial charge on any atom is 0.317 e. The summed E-state index contributed by atoms with van der Waals surface area (Å²) in [6, 6.07) is 19.5. The fourth-order valence-corrected chi connectivity index (χ4v) is 4.46. The van der Waals surface area contributed by atoms with Crippen molar-refractivity contribution in [1.29, 1.82) is 0 Å². The van der Waals surface area contributed by atoms with Gasteiger partial charge in [0.15, 0.2) is 5.76 Å². The second-order valence-electron chi connectivity index (χ2n) is 8.92. The van der Waals surface area contributed by atoms with Gasteiger partial charge in [-0.2, -0.15) is 4.98 Å². The summed E-state index contributed by atoms with van der Waals surface area (Å²) >= 11 is 0. The highest BCUT2D eigenvalue weighted by atomic mass is 16.5. The molecule has 2 atom stereocenters. The standard InChI is InChI=1S/C28H27N3O5/c1-18-24(17-34-28-29-15-14-25(30-28)19-6-3-2-4-7-19)26(36-31-18)20-10-12-22(13-11-20)35-23-9-5-8-21(16-23)27(32)33/h2-4,6-7,10-15,21,23H,5,8-9,16-17H2,1H3,(H,32,33)/t21-,23-/m0/s1. The van der Waals surface area contributed by atoms with Crippen LogP contribution in [0.5, 0.6) is 11.8 Å². The van der Waals surface area contributed by atoms with Gasteiger partial charge in [0, 0.05) is 17.3 Å². The van der Waals surface area contributed by atoms with Crippen LogP contribution in [0.3, 0.4) is 0 Å². The fraction of sp³-hybridized carbons (Fsp3) is 0.286. The highest BCUT2D eigenvalue weighted by Crippen LogP contribution is 2.31. The summed E-state index contributed by atoms with van der Waals surface area (Å²) in [4.78, 5) is 20.1. The lowest BCUT2D eigenvalue weighted by atomic mass is 9.87. The summed E-state index contributed by atoms with van der Waals surface area (Å²) in [5.41, 5.74) is 4.15. The van der Waals surface area contributed by atoms with Crippen LogP contribution >= 0.6 is 0 Å². The molecule has 1 aliphatic carbocycles. The number of aryl methyl sites for hydroxylation is 1.